The first-order valence-electron chi connectivity index (χ1n) is 19.2. The van der Waals surface area contributed by atoms with Gasteiger partial charge < -0.3 is 9.32 Å². The fourth-order valence-corrected chi connectivity index (χ4v) is 9.26. The second-order valence-electron chi connectivity index (χ2n) is 14.4. The van der Waals surface area contributed by atoms with Crippen molar-refractivity contribution in [1.29, 1.82) is 0 Å². The predicted molar refractivity (Wildman–Crippen MR) is 241 cm³/mol. The van der Waals surface area contributed by atoms with Crippen molar-refractivity contribution in [3.05, 3.63) is 206 Å². The Morgan fingerprint density at radius 2 is 1.04 bits per heavy atom. The smallest absolute Gasteiger partial charge is 0.227 e. The average Bonchev–Trinajstić information content (AvgIpc) is 3.87. The number of nitrogens with zero attached hydrogens (tertiary/aromatic N) is 2. The van der Waals surface area contributed by atoms with Crippen LogP contribution in [0.5, 0.6) is 0 Å². The highest BCUT2D eigenvalue weighted by molar-refractivity contribution is 7.26. The first-order chi connectivity index (χ1) is 28.2. The summed E-state index contributed by atoms with van der Waals surface area (Å²) in [5.74, 6) is 0.644. The molecule has 0 saturated carbocycles. The minimum Gasteiger partial charge on any atom is -0.436 e. The number of fused-ring (bicyclic) bond motifs is 5. The molecule has 11 rings (SSSR count). The van der Waals surface area contributed by atoms with Crippen LogP contribution in [0.4, 0.5) is 17.1 Å². The first kappa shape index (κ1) is 33.1. The van der Waals surface area contributed by atoms with Crippen LogP contribution in [0.15, 0.2) is 211 Å². The third-order valence-electron chi connectivity index (χ3n) is 10.9. The molecule has 0 aliphatic carbocycles. The first-order valence-corrected chi connectivity index (χ1v) is 20.0. The minimum absolute atomic E-state index is 0.644. The second-order valence-corrected chi connectivity index (χ2v) is 15.4. The van der Waals surface area contributed by atoms with Gasteiger partial charge >= 0.3 is 0 Å². The van der Waals surface area contributed by atoms with Crippen molar-refractivity contribution in [2.24, 2.45) is 0 Å². The maximum absolute atomic E-state index is 6.33. The minimum atomic E-state index is 0.644. The van der Waals surface area contributed by atoms with E-state index in [0.717, 1.165) is 39.3 Å². The Balaban J connectivity index is 1.01. The highest BCUT2D eigenvalue weighted by Crippen LogP contribution is 2.45. The Morgan fingerprint density at radius 3 is 1.81 bits per heavy atom. The van der Waals surface area contributed by atoms with Gasteiger partial charge in [0.15, 0.2) is 5.58 Å². The summed E-state index contributed by atoms with van der Waals surface area (Å²) in [5, 5.41) is 4.91. The van der Waals surface area contributed by atoms with Gasteiger partial charge in [-0.15, -0.1) is 11.3 Å². The molecule has 0 amide bonds. The van der Waals surface area contributed by atoms with Gasteiger partial charge in [-0.3, -0.25) is 0 Å². The zero-order chi connectivity index (χ0) is 37.7. The molecular weight excluding hydrogens is 713 g/mol. The zero-order valence-corrected chi connectivity index (χ0v) is 31.7. The molecule has 0 atom stereocenters. The lowest BCUT2D eigenvalue weighted by molar-refractivity contribution is 0.620. The fourth-order valence-electron chi connectivity index (χ4n) is 8.11. The molecule has 0 aliphatic rings. The van der Waals surface area contributed by atoms with E-state index in [4.69, 9.17) is 9.40 Å². The maximum atomic E-state index is 6.33. The average molecular weight is 747 g/mol. The lowest BCUT2D eigenvalue weighted by Gasteiger charge is -2.28. The Bertz CT molecular complexity index is 3220. The van der Waals surface area contributed by atoms with Crippen LogP contribution in [0.25, 0.3) is 86.9 Å². The summed E-state index contributed by atoms with van der Waals surface area (Å²) in [5.41, 5.74) is 13.0. The van der Waals surface area contributed by atoms with Crippen molar-refractivity contribution in [3.63, 3.8) is 0 Å². The number of aromatic nitrogens is 1. The van der Waals surface area contributed by atoms with Gasteiger partial charge in [-0.25, -0.2) is 4.98 Å². The summed E-state index contributed by atoms with van der Waals surface area (Å²) in [6.45, 7) is 0. The second kappa shape index (κ2) is 13.8. The predicted octanol–water partition coefficient (Wildman–Crippen LogP) is 15.5. The number of hydrogen-bond acceptors (Lipinski definition) is 4. The molecule has 0 fully saturated rings. The summed E-state index contributed by atoms with van der Waals surface area (Å²) in [6, 6.07) is 73.6. The summed E-state index contributed by atoms with van der Waals surface area (Å²) < 4.78 is 8.77. The van der Waals surface area contributed by atoms with Crippen molar-refractivity contribution < 1.29 is 4.42 Å². The molecule has 9 aromatic carbocycles. The zero-order valence-electron chi connectivity index (χ0n) is 30.8. The normalized spacial score (nSPS) is 11.5. The summed E-state index contributed by atoms with van der Waals surface area (Å²) in [7, 11) is 0. The monoisotopic (exact) mass is 746 g/mol. The van der Waals surface area contributed by atoms with Gasteiger partial charge in [-0.1, -0.05) is 140 Å². The van der Waals surface area contributed by atoms with Crippen LogP contribution in [-0.2, 0) is 0 Å². The summed E-state index contributed by atoms with van der Waals surface area (Å²) in [6.07, 6.45) is 0. The third kappa shape index (κ3) is 5.95. The molecule has 0 spiro atoms. The molecule has 0 saturated heterocycles. The molecule has 0 aliphatic heterocycles. The SMILES string of the molecule is c1ccc(-c2nc3cc4sc5cccc(-c6ccc(N(c7ccc(-c8ccc9ccccc9c8)cc7)c7ccccc7-c7ccccc7)cc6)c5c4cc3o2)cc1. The quantitative estimate of drug-likeness (QED) is 0.163. The molecule has 0 unspecified atom stereocenters. The molecular formula is C53H34N2OS. The molecule has 0 radical (unpaired) electrons. The number of thiophene rings is 1. The summed E-state index contributed by atoms with van der Waals surface area (Å²) in [4.78, 5) is 7.23. The highest BCUT2D eigenvalue weighted by Gasteiger charge is 2.19. The van der Waals surface area contributed by atoms with Gasteiger partial charge in [0.2, 0.25) is 5.89 Å². The Labute approximate surface area is 334 Å². The fraction of sp³-hybridized carbons (Fsp3) is 0. The molecule has 3 nitrogen and oxygen atoms in total. The van der Waals surface area contributed by atoms with Crippen LogP contribution in [0.3, 0.4) is 0 Å². The Morgan fingerprint density at radius 1 is 0.421 bits per heavy atom. The van der Waals surface area contributed by atoms with Crippen LogP contribution in [0, 0.1) is 0 Å². The molecule has 4 heteroatoms. The van der Waals surface area contributed by atoms with E-state index in [1.165, 1.54) is 58.8 Å². The standard InChI is InChI=1S/C53H34N2OS/c1-3-13-37(14-4-1)44-18-9-10-20-48(44)55(42-28-24-36(25-29-42)41-23-22-35-12-7-8-17-40(35)32-41)43-30-26-38(27-31-43)45-19-11-21-50-52(45)46-33-49-47(34-51(46)57-50)54-53(56-49)39-15-5-2-6-16-39/h1-34H. The van der Waals surface area contributed by atoms with Gasteiger partial charge in [-0.2, -0.15) is 0 Å². The van der Waals surface area contributed by atoms with Crippen molar-refractivity contribution in [2.45, 2.75) is 0 Å². The lowest BCUT2D eigenvalue weighted by Crippen LogP contribution is -2.11. The van der Waals surface area contributed by atoms with Gasteiger partial charge in [0, 0.05) is 42.7 Å². The Hall–Kier alpha value is -7.27. The van der Waals surface area contributed by atoms with E-state index < -0.39 is 0 Å². The molecule has 0 bridgehead atoms. The number of oxazole rings is 1. The van der Waals surface area contributed by atoms with Gasteiger partial charge in [0.1, 0.15) is 5.52 Å². The molecule has 11 aromatic rings. The van der Waals surface area contributed by atoms with E-state index in [0.29, 0.717) is 5.89 Å². The molecule has 0 N–H and O–H groups in total. The topological polar surface area (TPSA) is 29.3 Å². The van der Waals surface area contributed by atoms with Gasteiger partial charge in [0.05, 0.1) is 5.69 Å². The van der Waals surface area contributed by atoms with Crippen molar-refractivity contribution in [2.75, 3.05) is 4.90 Å². The lowest BCUT2D eigenvalue weighted by atomic mass is 9.98. The van der Waals surface area contributed by atoms with Crippen LogP contribution < -0.4 is 4.90 Å². The van der Waals surface area contributed by atoms with Crippen molar-refractivity contribution >= 4 is 70.4 Å². The maximum Gasteiger partial charge on any atom is 0.227 e. The largest absolute Gasteiger partial charge is 0.436 e. The van der Waals surface area contributed by atoms with Gasteiger partial charge in [0.25, 0.3) is 0 Å². The molecule has 57 heavy (non-hydrogen) atoms. The number of benzene rings is 9. The third-order valence-corrected chi connectivity index (χ3v) is 12.0. The van der Waals surface area contributed by atoms with Crippen LogP contribution in [0.2, 0.25) is 0 Å². The van der Waals surface area contributed by atoms with E-state index in [1.54, 1.807) is 11.3 Å². The number of hydrogen-bond donors (Lipinski definition) is 0. The number of para-hydroxylation sites is 1. The van der Waals surface area contributed by atoms with E-state index in [1.807, 2.05) is 30.3 Å². The van der Waals surface area contributed by atoms with Crippen molar-refractivity contribution in [1.82, 2.24) is 4.98 Å². The highest BCUT2D eigenvalue weighted by atomic mass is 32.1. The van der Waals surface area contributed by atoms with Crippen molar-refractivity contribution in [3.8, 4) is 44.8 Å². The van der Waals surface area contributed by atoms with E-state index in [-0.39, 0.29) is 0 Å². The number of anilines is 3. The molecule has 268 valence electrons. The molecule has 2 heterocycles. The van der Waals surface area contributed by atoms with E-state index >= 15 is 0 Å². The van der Waals surface area contributed by atoms with E-state index in [9.17, 15) is 0 Å². The van der Waals surface area contributed by atoms with E-state index in [2.05, 4.69) is 181 Å². The van der Waals surface area contributed by atoms with Crippen LogP contribution in [-0.4, -0.2) is 4.98 Å². The molecule has 2 aromatic heterocycles. The number of rotatable bonds is 7. The van der Waals surface area contributed by atoms with Crippen LogP contribution in [0.1, 0.15) is 0 Å². The Kier molecular flexibility index (Phi) is 8.01. The van der Waals surface area contributed by atoms with Crippen LogP contribution >= 0.6 is 11.3 Å². The summed E-state index contributed by atoms with van der Waals surface area (Å²) >= 11 is 1.80. The van der Waals surface area contributed by atoms with Gasteiger partial charge in [-0.05, 0) is 105 Å².